The fourth-order valence-corrected chi connectivity index (χ4v) is 8.98. The second-order valence-electron chi connectivity index (χ2n) is 13.5. The molecule has 0 saturated heterocycles. The first-order chi connectivity index (χ1) is 20.0. The normalized spacial score (nSPS) is 28.7. The number of amidine groups is 1. The van der Waals surface area contributed by atoms with E-state index in [9.17, 15) is 35.9 Å². The molecule has 0 radical (unpaired) electrons. The Kier molecular flexibility index (Phi) is 6.91. The second-order valence-corrected chi connectivity index (χ2v) is 15.3. The molecule has 0 spiro atoms. The number of hydrogen-bond acceptors (Lipinski definition) is 6. The number of rotatable bonds is 10. The van der Waals surface area contributed by atoms with Crippen LogP contribution in [0.15, 0.2) is 58.4 Å². The van der Waals surface area contributed by atoms with Crippen LogP contribution >= 0.6 is 0 Å². The molecule has 2 aromatic rings. The van der Waals surface area contributed by atoms with Gasteiger partial charge in [-0.15, -0.1) is 0 Å². The molecular formula is C31H35F4N3O4S. The minimum Gasteiger partial charge on any atom is -0.390 e. The van der Waals surface area contributed by atoms with E-state index in [2.05, 4.69) is 5.32 Å². The zero-order valence-electron chi connectivity index (χ0n) is 24.0. The number of alkyl halides is 3. The van der Waals surface area contributed by atoms with Crippen LogP contribution in [0.2, 0.25) is 0 Å². The second kappa shape index (κ2) is 9.84. The van der Waals surface area contributed by atoms with Crippen LogP contribution in [-0.2, 0) is 27.5 Å². The van der Waals surface area contributed by atoms with Crippen LogP contribution < -0.4 is 5.32 Å². The molecule has 1 aliphatic heterocycles. The molecule has 2 bridgehead atoms. The molecule has 4 fully saturated rings. The highest BCUT2D eigenvalue weighted by molar-refractivity contribution is 7.89. The van der Waals surface area contributed by atoms with Crippen molar-refractivity contribution in [3.8, 4) is 0 Å². The monoisotopic (exact) mass is 621 g/mol. The fraction of sp³-hybridized carbons (Fsp3) is 0.548. The predicted molar refractivity (Wildman–Crippen MR) is 151 cm³/mol. The van der Waals surface area contributed by atoms with E-state index < -0.39 is 55.7 Å². The molecule has 2 N–H and O–H groups in total. The van der Waals surface area contributed by atoms with Gasteiger partial charge >= 0.3 is 6.18 Å². The van der Waals surface area contributed by atoms with Gasteiger partial charge in [-0.3, -0.25) is 9.79 Å². The zero-order chi connectivity index (χ0) is 31.1. The van der Waals surface area contributed by atoms with Crippen molar-refractivity contribution in [3.63, 3.8) is 0 Å². The third-order valence-electron chi connectivity index (χ3n) is 9.85. The van der Waals surface area contributed by atoms with Gasteiger partial charge in [-0.25, -0.2) is 12.8 Å². The molecule has 2 aromatic carbocycles. The van der Waals surface area contributed by atoms with Crippen molar-refractivity contribution in [2.24, 2.45) is 10.4 Å². The maximum absolute atomic E-state index is 13.9. The first kappa shape index (κ1) is 30.2. The largest absolute Gasteiger partial charge is 0.416 e. The molecule has 0 aromatic heterocycles. The molecule has 5 aliphatic rings. The van der Waals surface area contributed by atoms with Crippen molar-refractivity contribution in [1.29, 1.82) is 0 Å². The van der Waals surface area contributed by atoms with E-state index in [-0.39, 0.29) is 23.6 Å². The van der Waals surface area contributed by atoms with Gasteiger partial charge in [-0.2, -0.15) is 17.5 Å². The summed E-state index contributed by atoms with van der Waals surface area (Å²) >= 11 is 0. The van der Waals surface area contributed by atoms with Gasteiger partial charge in [0.05, 0.1) is 21.6 Å². The number of nitrogens with zero attached hydrogens (tertiary/aromatic N) is 2. The van der Waals surface area contributed by atoms with E-state index in [1.54, 1.807) is 0 Å². The number of hydrogen-bond donors (Lipinski definition) is 2. The van der Waals surface area contributed by atoms with Gasteiger partial charge in [0.2, 0.25) is 10.0 Å². The SMILES string of the molecule is CC1(C)NC(C23CC(N(Cc4ccc(C(F)(F)F)cc4)S(=O)(=O)c4ccc(F)cc4)(C2)C3)=NC1C(=O)CCC1(O)CCC1. The highest BCUT2D eigenvalue weighted by Gasteiger charge is 2.75. The molecule has 1 unspecified atom stereocenters. The maximum atomic E-state index is 13.9. The molecule has 43 heavy (non-hydrogen) atoms. The summed E-state index contributed by atoms with van der Waals surface area (Å²) in [5, 5.41) is 13.9. The first-order valence-corrected chi connectivity index (χ1v) is 16.0. The molecule has 232 valence electrons. The van der Waals surface area contributed by atoms with E-state index in [4.69, 9.17) is 4.99 Å². The lowest BCUT2D eigenvalue weighted by Gasteiger charge is -2.73. The molecule has 4 saturated carbocycles. The summed E-state index contributed by atoms with van der Waals surface area (Å²) in [6, 6.07) is 8.29. The van der Waals surface area contributed by atoms with Crippen LogP contribution in [0.3, 0.4) is 0 Å². The number of Topliss-reactive ketones (excluding diaryl/α,β-unsaturated/α-hetero) is 1. The average molecular weight is 622 g/mol. The minimum absolute atomic E-state index is 0.0445. The Morgan fingerprint density at radius 1 is 1.05 bits per heavy atom. The van der Waals surface area contributed by atoms with Crippen molar-refractivity contribution in [2.45, 2.75) is 106 Å². The quantitative estimate of drug-likeness (QED) is 0.348. The third-order valence-corrected chi connectivity index (χ3v) is 11.8. The van der Waals surface area contributed by atoms with Crippen LogP contribution in [0.5, 0.6) is 0 Å². The number of carbonyl (C=O) groups is 1. The van der Waals surface area contributed by atoms with Crippen LogP contribution in [0.1, 0.15) is 76.3 Å². The topological polar surface area (TPSA) is 99.1 Å². The van der Waals surface area contributed by atoms with Gasteiger partial charge in [-0.1, -0.05) is 12.1 Å². The van der Waals surface area contributed by atoms with E-state index in [1.165, 1.54) is 28.6 Å². The first-order valence-electron chi connectivity index (χ1n) is 14.5. The Morgan fingerprint density at radius 3 is 2.19 bits per heavy atom. The highest BCUT2D eigenvalue weighted by atomic mass is 32.2. The molecule has 1 atom stereocenters. The smallest absolute Gasteiger partial charge is 0.390 e. The number of sulfonamides is 1. The Morgan fingerprint density at radius 2 is 1.65 bits per heavy atom. The standard InChI is InChI=1S/C31H35F4N3O4S/c1-27(2)25(24(39)12-15-30(40)13-3-14-30)36-26(37-27)28-17-29(18-28,19-28)38(43(41,42)23-10-8-22(32)9-11-23)16-20-4-6-21(7-5-20)31(33,34)35/h4-11,25,40H,3,12-19H2,1-2H3,(H,36,37). The summed E-state index contributed by atoms with van der Waals surface area (Å²) < 4.78 is 82.2. The predicted octanol–water partition coefficient (Wildman–Crippen LogP) is 5.37. The van der Waals surface area contributed by atoms with E-state index >= 15 is 0 Å². The number of nitrogens with one attached hydrogen (secondary N) is 1. The summed E-state index contributed by atoms with van der Waals surface area (Å²) in [4.78, 5) is 17.9. The molecule has 7 nitrogen and oxygen atoms in total. The van der Waals surface area contributed by atoms with Crippen LogP contribution in [0.4, 0.5) is 17.6 Å². The molecule has 0 amide bonds. The van der Waals surface area contributed by atoms with Crippen molar-refractivity contribution in [1.82, 2.24) is 9.62 Å². The minimum atomic E-state index is -4.52. The number of ketones is 1. The van der Waals surface area contributed by atoms with Crippen LogP contribution in [0.25, 0.3) is 0 Å². The van der Waals surface area contributed by atoms with Gasteiger partial charge < -0.3 is 10.4 Å². The molecular weight excluding hydrogens is 586 g/mol. The summed E-state index contributed by atoms with van der Waals surface area (Å²) in [6.07, 6.45) is -0.199. The number of halogens is 4. The Hall–Kier alpha value is -2.83. The summed E-state index contributed by atoms with van der Waals surface area (Å²) in [5.41, 5.74) is -3.06. The van der Waals surface area contributed by atoms with Gasteiger partial charge in [0.1, 0.15) is 17.7 Å². The van der Waals surface area contributed by atoms with Crippen molar-refractivity contribution < 1.29 is 35.9 Å². The van der Waals surface area contributed by atoms with Crippen molar-refractivity contribution in [2.75, 3.05) is 0 Å². The summed E-state index contributed by atoms with van der Waals surface area (Å²) in [7, 11) is -4.14. The number of carbonyl (C=O) groups excluding carboxylic acids is 1. The van der Waals surface area contributed by atoms with E-state index in [1.807, 2.05) is 13.8 Å². The molecule has 4 aliphatic carbocycles. The van der Waals surface area contributed by atoms with Gasteiger partial charge in [0.15, 0.2) is 5.78 Å². The van der Waals surface area contributed by atoms with Crippen molar-refractivity contribution in [3.05, 3.63) is 65.5 Å². The zero-order valence-corrected chi connectivity index (χ0v) is 24.9. The number of aliphatic imine (C=N–C) groups is 1. The number of aliphatic hydroxyl groups is 1. The Labute approximate surface area is 248 Å². The average Bonchev–Trinajstić information content (AvgIpc) is 3.18. The van der Waals surface area contributed by atoms with E-state index in [0.717, 1.165) is 30.7 Å². The summed E-state index contributed by atoms with van der Waals surface area (Å²) in [5.74, 6) is 0.0438. The Bertz CT molecular complexity index is 1550. The van der Waals surface area contributed by atoms with Crippen LogP contribution in [0, 0.1) is 11.2 Å². The van der Waals surface area contributed by atoms with E-state index in [0.29, 0.717) is 49.9 Å². The molecule has 12 heteroatoms. The molecule has 1 heterocycles. The lowest BCUT2D eigenvalue weighted by Crippen LogP contribution is -2.78. The molecule has 7 rings (SSSR count). The lowest BCUT2D eigenvalue weighted by atomic mass is 9.38. The Balaban J connectivity index is 1.23. The van der Waals surface area contributed by atoms with Crippen LogP contribution in [-0.4, -0.2) is 52.2 Å². The fourth-order valence-electron chi connectivity index (χ4n) is 7.22. The highest BCUT2D eigenvalue weighted by Crippen LogP contribution is 2.71. The number of benzene rings is 2. The lowest BCUT2D eigenvalue weighted by molar-refractivity contribution is -0.151. The van der Waals surface area contributed by atoms with Gasteiger partial charge in [-0.05, 0) is 101 Å². The maximum Gasteiger partial charge on any atom is 0.416 e. The third kappa shape index (κ3) is 5.18. The summed E-state index contributed by atoms with van der Waals surface area (Å²) in [6.45, 7) is 3.66. The van der Waals surface area contributed by atoms with Gasteiger partial charge in [0.25, 0.3) is 0 Å². The van der Waals surface area contributed by atoms with Crippen molar-refractivity contribution >= 4 is 21.6 Å². The van der Waals surface area contributed by atoms with Gasteiger partial charge in [0, 0.05) is 23.9 Å².